The van der Waals surface area contributed by atoms with Crippen molar-refractivity contribution in [2.24, 2.45) is 0 Å². The van der Waals surface area contributed by atoms with Crippen molar-refractivity contribution in [3.05, 3.63) is 65.5 Å². The minimum Gasteiger partial charge on any atom is -0.486 e. The number of para-hydroxylation sites is 3. The maximum absolute atomic E-state index is 12.6. The highest BCUT2D eigenvalue weighted by molar-refractivity contribution is 7.20. The average molecular weight is 493 g/mol. The van der Waals surface area contributed by atoms with Crippen LogP contribution in [0.2, 0.25) is 0 Å². The second-order valence-corrected chi connectivity index (χ2v) is 9.19. The summed E-state index contributed by atoms with van der Waals surface area (Å²) in [5, 5.41) is 2.72. The van der Waals surface area contributed by atoms with Gasteiger partial charge in [-0.3, -0.25) is 9.36 Å². The molecule has 2 aromatic carbocycles. The van der Waals surface area contributed by atoms with E-state index in [-0.39, 0.29) is 19.3 Å². The summed E-state index contributed by atoms with van der Waals surface area (Å²) in [5.74, 6) is 1.09. The van der Waals surface area contributed by atoms with Gasteiger partial charge in [0.15, 0.2) is 18.1 Å². The minimum absolute atomic E-state index is 0.242. The number of aromatic nitrogens is 2. The fourth-order valence-electron chi connectivity index (χ4n) is 3.72. The fourth-order valence-corrected chi connectivity index (χ4v) is 4.72. The Hall–Kier alpha value is -4.05. The molecule has 0 saturated heterocycles. The van der Waals surface area contributed by atoms with Crippen LogP contribution in [-0.2, 0) is 9.53 Å². The molecule has 0 spiro atoms. The van der Waals surface area contributed by atoms with Crippen LogP contribution in [0.4, 0.5) is 5.95 Å². The third-order valence-electron chi connectivity index (χ3n) is 5.36. The van der Waals surface area contributed by atoms with Crippen LogP contribution in [0.3, 0.4) is 0 Å². The maximum atomic E-state index is 12.6. The van der Waals surface area contributed by atoms with E-state index in [1.165, 1.54) is 11.3 Å². The molecule has 1 aliphatic heterocycles. The van der Waals surface area contributed by atoms with Crippen molar-refractivity contribution >= 4 is 39.5 Å². The van der Waals surface area contributed by atoms with Crippen molar-refractivity contribution in [1.82, 2.24) is 14.9 Å². The first-order valence-electron chi connectivity index (χ1n) is 11.1. The van der Waals surface area contributed by atoms with Crippen LogP contribution in [0, 0.1) is 0 Å². The summed E-state index contributed by atoms with van der Waals surface area (Å²) in [6.07, 6.45) is -0.322. The molecular formula is C25H24N4O5S. The van der Waals surface area contributed by atoms with E-state index in [0.717, 1.165) is 16.5 Å². The van der Waals surface area contributed by atoms with Gasteiger partial charge in [-0.25, -0.2) is 9.78 Å². The highest BCUT2D eigenvalue weighted by Crippen LogP contribution is 2.33. The lowest BCUT2D eigenvalue weighted by molar-refractivity contribution is -0.124. The largest absolute Gasteiger partial charge is 0.486 e. The molecule has 1 amide bonds. The monoisotopic (exact) mass is 492 g/mol. The number of nitrogens with one attached hydrogen (secondary N) is 1. The Labute approximate surface area is 205 Å². The first kappa shape index (κ1) is 22.7. The molecule has 4 aromatic rings. The minimum atomic E-state index is -0.569. The van der Waals surface area contributed by atoms with E-state index in [4.69, 9.17) is 14.2 Å². The lowest BCUT2D eigenvalue weighted by Gasteiger charge is -2.26. The molecule has 10 heteroatoms. The van der Waals surface area contributed by atoms with Gasteiger partial charge in [-0.05, 0) is 30.3 Å². The van der Waals surface area contributed by atoms with Crippen molar-refractivity contribution in [2.75, 3.05) is 38.8 Å². The molecule has 0 radical (unpaired) electrons. The Morgan fingerprint density at radius 2 is 1.89 bits per heavy atom. The number of hydrogen-bond acceptors (Lipinski definition) is 8. The Bertz CT molecular complexity index is 1360. The van der Waals surface area contributed by atoms with E-state index in [0.29, 0.717) is 28.5 Å². The molecular weight excluding hydrogens is 468 g/mol. The Morgan fingerprint density at radius 3 is 2.66 bits per heavy atom. The van der Waals surface area contributed by atoms with Gasteiger partial charge in [0.05, 0.1) is 6.54 Å². The predicted octanol–water partition coefficient (Wildman–Crippen LogP) is 3.27. The first-order chi connectivity index (χ1) is 17.0. The number of fused-ring (bicyclic) bond motifs is 2. The van der Waals surface area contributed by atoms with E-state index in [1.807, 2.05) is 78.2 Å². The van der Waals surface area contributed by atoms with Gasteiger partial charge in [-0.1, -0.05) is 30.3 Å². The number of anilines is 1. The van der Waals surface area contributed by atoms with Crippen molar-refractivity contribution in [3.8, 4) is 17.2 Å². The van der Waals surface area contributed by atoms with Gasteiger partial charge in [0.25, 0.3) is 5.91 Å². The van der Waals surface area contributed by atoms with Crippen LogP contribution < -0.4 is 19.7 Å². The molecule has 0 fully saturated rings. The number of hydrogen-bond donors (Lipinski definition) is 1. The number of nitrogens with zero attached hydrogens (tertiary/aromatic N) is 3. The van der Waals surface area contributed by atoms with Crippen molar-refractivity contribution in [2.45, 2.75) is 6.10 Å². The highest BCUT2D eigenvalue weighted by Gasteiger charge is 2.23. The van der Waals surface area contributed by atoms with Gasteiger partial charge >= 0.3 is 5.97 Å². The van der Waals surface area contributed by atoms with Gasteiger partial charge in [0.1, 0.15) is 27.9 Å². The Kier molecular flexibility index (Phi) is 6.28. The van der Waals surface area contributed by atoms with E-state index in [2.05, 4.69) is 10.3 Å². The normalized spacial score (nSPS) is 14.5. The number of esters is 1. The molecule has 35 heavy (non-hydrogen) atoms. The van der Waals surface area contributed by atoms with E-state index >= 15 is 0 Å². The van der Waals surface area contributed by atoms with Crippen molar-refractivity contribution in [1.29, 1.82) is 0 Å². The smallest absolute Gasteiger partial charge is 0.348 e. The van der Waals surface area contributed by atoms with Gasteiger partial charge in [-0.2, -0.15) is 0 Å². The highest BCUT2D eigenvalue weighted by atomic mass is 32.1. The molecule has 0 bridgehead atoms. The molecule has 0 saturated carbocycles. The van der Waals surface area contributed by atoms with Gasteiger partial charge in [0, 0.05) is 19.8 Å². The maximum Gasteiger partial charge on any atom is 0.348 e. The number of carbonyl (C=O) groups excluding carboxylic acids is 2. The molecule has 1 aliphatic rings. The zero-order valence-corrected chi connectivity index (χ0v) is 20.1. The van der Waals surface area contributed by atoms with Crippen LogP contribution in [0.25, 0.3) is 16.0 Å². The number of benzene rings is 2. The average Bonchev–Trinajstić information content (AvgIpc) is 3.45. The van der Waals surface area contributed by atoms with E-state index in [1.54, 1.807) is 6.07 Å². The lowest BCUT2D eigenvalue weighted by Crippen LogP contribution is -2.42. The van der Waals surface area contributed by atoms with E-state index in [9.17, 15) is 9.59 Å². The Balaban J connectivity index is 1.20. The van der Waals surface area contributed by atoms with Gasteiger partial charge < -0.3 is 24.4 Å². The third-order valence-corrected chi connectivity index (χ3v) is 6.45. The number of rotatable bonds is 7. The van der Waals surface area contributed by atoms with Crippen LogP contribution >= 0.6 is 11.3 Å². The zero-order chi connectivity index (χ0) is 24.4. The predicted molar refractivity (Wildman–Crippen MR) is 133 cm³/mol. The third kappa shape index (κ3) is 4.78. The standard InChI is InChI=1S/C25H24N4O5S/c1-28(2)25-27-18-12-21(35-23(18)29(25)16-8-4-3-5-9-16)24(31)33-15-22(30)26-13-17-14-32-19-10-6-7-11-20(19)34-17/h3-12,17H,13-15H2,1-2H3,(H,26,30)/t17-/m0/s1. The molecule has 3 heterocycles. The number of amides is 1. The summed E-state index contributed by atoms with van der Waals surface area (Å²) >= 11 is 1.28. The quantitative estimate of drug-likeness (QED) is 0.396. The summed E-state index contributed by atoms with van der Waals surface area (Å²) < 4.78 is 18.7. The summed E-state index contributed by atoms with van der Waals surface area (Å²) in [7, 11) is 3.84. The SMILES string of the molecule is CN(C)c1nc2cc(C(=O)OCC(=O)NC[C@H]3COc4ccccc4O3)sc2n1-c1ccccc1. The molecule has 2 aromatic heterocycles. The topological polar surface area (TPSA) is 94.9 Å². The second kappa shape index (κ2) is 9.67. The number of imidazole rings is 1. The number of ether oxygens (including phenoxy) is 3. The summed E-state index contributed by atoms with van der Waals surface area (Å²) in [4.78, 5) is 32.7. The lowest BCUT2D eigenvalue weighted by atomic mass is 10.2. The zero-order valence-electron chi connectivity index (χ0n) is 19.3. The number of carbonyl (C=O) groups is 2. The van der Waals surface area contributed by atoms with Crippen molar-refractivity contribution in [3.63, 3.8) is 0 Å². The van der Waals surface area contributed by atoms with Gasteiger partial charge in [-0.15, -0.1) is 11.3 Å². The molecule has 1 N–H and O–H groups in total. The van der Waals surface area contributed by atoms with Crippen LogP contribution in [0.5, 0.6) is 11.5 Å². The molecule has 1 atom stereocenters. The van der Waals surface area contributed by atoms with Crippen molar-refractivity contribution < 1.29 is 23.8 Å². The number of thiophene rings is 1. The Morgan fingerprint density at radius 1 is 1.14 bits per heavy atom. The molecule has 0 aliphatic carbocycles. The molecule has 180 valence electrons. The summed E-state index contributed by atoms with van der Waals surface area (Å²) in [6.45, 7) is 0.178. The van der Waals surface area contributed by atoms with Gasteiger partial charge in [0.2, 0.25) is 5.95 Å². The summed E-state index contributed by atoms with van der Waals surface area (Å²) in [5.41, 5.74) is 1.63. The molecule has 9 nitrogen and oxygen atoms in total. The van der Waals surface area contributed by atoms with Crippen LogP contribution in [0.1, 0.15) is 9.67 Å². The fraction of sp³-hybridized carbons (Fsp3) is 0.240. The summed E-state index contributed by atoms with van der Waals surface area (Å²) in [6, 6.07) is 18.9. The van der Waals surface area contributed by atoms with E-state index < -0.39 is 11.9 Å². The molecule has 5 rings (SSSR count). The first-order valence-corrected chi connectivity index (χ1v) is 11.9. The van der Waals surface area contributed by atoms with Crippen LogP contribution in [-0.4, -0.2) is 61.4 Å². The second-order valence-electron chi connectivity index (χ2n) is 8.16. The molecule has 0 unspecified atom stereocenters. The van der Waals surface area contributed by atoms with Crippen LogP contribution in [0.15, 0.2) is 60.7 Å².